The fraction of sp³-hybridized carbons (Fsp3) is 0.500. The van der Waals surface area contributed by atoms with Crippen LogP contribution in [0.4, 0.5) is 0 Å². The summed E-state index contributed by atoms with van der Waals surface area (Å²) in [6.45, 7) is 10.1. The molecule has 0 fully saturated rings. The number of aryl methyl sites for hydroxylation is 2. The van der Waals surface area contributed by atoms with Crippen LogP contribution in [0, 0.1) is 13.8 Å². The van der Waals surface area contributed by atoms with E-state index in [-0.39, 0.29) is 6.04 Å². The van der Waals surface area contributed by atoms with Gasteiger partial charge < -0.3 is 9.84 Å². The van der Waals surface area contributed by atoms with Crippen LogP contribution in [0.5, 0.6) is 0 Å². The van der Waals surface area contributed by atoms with E-state index in [1.165, 1.54) is 0 Å². The summed E-state index contributed by atoms with van der Waals surface area (Å²) in [6.07, 6.45) is 0. The smallest absolute Gasteiger partial charge is 0.138 e. The minimum absolute atomic E-state index is 0.178. The summed E-state index contributed by atoms with van der Waals surface area (Å²) >= 11 is 5.67. The Morgan fingerprint density at radius 3 is 2.71 bits per heavy atom. The molecule has 78 valence electrons. The first-order valence-corrected chi connectivity index (χ1v) is 4.89. The van der Waals surface area contributed by atoms with Crippen molar-refractivity contribution >= 4 is 11.6 Å². The van der Waals surface area contributed by atoms with Crippen molar-refractivity contribution in [2.75, 3.05) is 6.54 Å². The third kappa shape index (κ3) is 2.59. The van der Waals surface area contributed by atoms with E-state index >= 15 is 0 Å². The van der Waals surface area contributed by atoms with Crippen LogP contribution >= 0.6 is 11.6 Å². The molecule has 0 aliphatic carbocycles. The van der Waals surface area contributed by atoms with E-state index in [1.54, 1.807) is 0 Å². The zero-order valence-corrected chi connectivity index (χ0v) is 9.48. The predicted octanol–water partition coefficient (Wildman–Crippen LogP) is 2.69. The van der Waals surface area contributed by atoms with Crippen LogP contribution in [0.15, 0.2) is 16.1 Å². The normalized spacial score (nSPS) is 12.9. The highest BCUT2D eigenvalue weighted by molar-refractivity contribution is 6.29. The first-order chi connectivity index (χ1) is 6.52. The van der Waals surface area contributed by atoms with E-state index in [9.17, 15) is 0 Å². The predicted molar refractivity (Wildman–Crippen MR) is 57.4 cm³/mol. The quantitative estimate of drug-likeness (QED) is 0.838. The highest BCUT2D eigenvalue weighted by Crippen LogP contribution is 2.20. The molecule has 1 aromatic heterocycles. The number of nitrogens with zero attached hydrogens (tertiary/aromatic N) is 1. The Bertz CT molecular complexity index is 313. The van der Waals surface area contributed by atoms with Crippen molar-refractivity contribution < 1.29 is 4.52 Å². The monoisotopic (exact) mass is 214 g/mol. The van der Waals surface area contributed by atoms with Crippen LogP contribution in [0.25, 0.3) is 0 Å². The van der Waals surface area contributed by atoms with Gasteiger partial charge in [-0.25, -0.2) is 0 Å². The maximum atomic E-state index is 5.67. The molecule has 0 saturated heterocycles. The molecular formula is C10H15ClN2O. The molecule has 1 heterocycles. The molecule has 14 heavy (non-hydrogen) atoms. The van der Waals surface area contributed by atoms with Gasteiger partial charge in [-0.2, -0.15) is 0 Å². The Balaban J connectivity index is 2.69. The lowest BCUT2D eigenvalue weighted by Gasteiger charge is -2.12. The highest BCUT2D eigenvalue weighted by atomic mass is 35.5. The first-order valence-electron chi connectivity index (χ1n) is 4.51. The third-order valence-electron chi connectivity index (χ3n) is 2.12. The largest absolute Gasteiger partial charge is 0.361 e. The van der Waals surface area contributed by atoms with Crippen LogP contribution in [0.2, 0.25) is 0 Å². The fourth-order valence-electron chi connectivity index (χ4n) is 1.47. The molecule has 3 nitrogen and oxygen atoms in total. The molecule has 1 N–H and O–H groups in total. The van der Waals surface area contributed by atoms with Gasteiger partial charge in [0, 0.05) is 23.2 Å². The van der Waals surface area contributed by atoms with Crippen LogP contribution < -0.4 is 5.32 Å². The third-order valence-corrected chi connectivity index (χ3v) is 2.26. The topological polar surface area (TPSA) is 38.1 Å². The van der Waals surface area contributed by atoms with Gasteiger partial charge in [-0.3, -0.25) is 0 Å². The van der Waals surface area contributed by atoms with Crippen molar-refractivity contribution in [3.63, 3.8) is 0 Å². The lowest BCUT2D eigenvalue weighted by atomic mass is 10.1. The molecule has 0 aromatic carbocycles. The van der Waals surface area contributed by atoms with Crippen molar-refractivity contribution in [2.45, 2.75) is 26.8 Å². The van der Waals surface area contributed by atoms with Gasteiger partial charge in [-0.15, -0.1) is 0 Å². The van der Waals surface area contributed by atoms with Gasteiger partial charge in [-0.1, -0.05) is 23.3 Å². The van der Waals surface area contributed by atoms with Crippen LogP contribution in [0.1, 0.15) is 30.0 Å². The molecule has 1 unspecified atom stereocenters. The Morgan fingerprint density at radius 1 is 1.64 bits per heavy atom. The molecule has 0 spiro atoms. The Morgan fingerprint density at radius 2 is 2.29 bits per heavy atom. The van der Waals surface area contributed by atoms with Crippen LogP contribution in [-0.4, -0.2) is 11.7 Å². The average molecular weight is 215 g/mol. The summed E-state index contributed by atoms with van der Waals surface area (Å²) in [5.41, 5.74) is 2.02. The molecule has 0 amide bonds. The van der Waals surface area contributed by atoms with Gasteiger partial charge >= 0.3 is 0 Å². The average Bonchev–Trinajstić information content (AvgIpc) is 2.42. The van der Waals surface area contributed by atoms with Gasteiger partial charge in [0.05, 0.1) is 5.69 Å². The van der Waals surface area contributed by atoms with Gasteiger partial charge in [0.15, 0.2) is 0 Å². The van der Waals surface area contributed by atoms with Crippen molar-refractivity contribution in [3.05, 3.63) is 28.6 Å². The van der Waals surface area contributed by atoms with Gasteiger partial charge in [0.1, 0.15) is 5.76 Å². The number of hydrogen-bond donors (Lipinski definition) is 1. The standard InChI is InChI=1S/C10H15ClN2O/c1-6(11)5-12-7(2)10-8(3)13-14-9(10)4/h7,12H,1,5H2,2-4H3. The van der Waals surface area contributed by atoms with E-state index in [0.717, 1.165) is 17.0 Å². The van der Waals surface area contributed by atoms with Gasteiger partial charge in [0.25, 0.3) is 0 Å². The molecule has 0 aliphatic rings. The molecule has 1 aromatic rings. The zero-order chi connectivity index (χ0) is 10.7. The molecule has 4 heteroatoms. The Hall–Kier alpha value is -0.800. The van der Waals surface area contributed by atoms with Crippen molar-refractivity contribution in [1.82, 2.24) is 10.5 Å². The lowest BCUT2D eigenvalue weighted by molar-refractivity contribution is 0.391. The number of halogens is 1. The summed E-state index contributed by atoms with van der Waals surface area (Å²) in [6, 6.07) is 0.178. The van der Waals surface area contributed by atoms with E-state index < -0.39 is 0 Å². The Labute approximate surface area is 89.1 Å². The number of rotatable bonds is 4. The van der Waals surface area contributed by atoms with Crippen LogP contribution in [-0.2, 0) is 0 Å². The van der Waals surface area contributed by atoms with E-state index in [1.807, 2.05) is 20.8 Å². The lowest BCUT2D eigenvalue weighted by Crippen LogP contribution is -2.20. The van der Waals surface area contributed by atoms with Gasteiger partial charge in [-0.05, 0) is 20.8 Å². The summed E-state index contributed by atoms with van der Waals surface area (Å²) in [5.74, 6) is 0.850. The minimum Gasteiger partial charge on any atom is -0.361 e. The Kier molecular flexibility index (Phi) is 3.72. The second-order valence-corrected chi connectivity index (χ2v) is 3.89. The highest BCUT2D eigenvalue weighted by Gasteiger charge is 2.15. The molecule has 1 atom stereocenters. The summed E-state index contributed by atoms with van der Waals surface area (Å²) in [5, 5.41) is 7.73. The minimum atomic E-state index is 0.178. The fourth-order valence-corrected chi connectivity index (χ4v) is 1.55. The van der Waals surface area contributed by atoms with E-state index in [0.29, 0.717) is 11.6 Å². The maximum Gasteiger partial charge on any atom is 0.138 e. The zero-order valence-electron chi connectivity index (χ0n) is 8.72. The molecule has 1 rings (SSSR count). The number of hydrogen-bond acceptors (Lipinski definition) is 3. The SMILES string of the molecule is C=C(Cl)CNC(C)c1c(C)noc1C. The summed E-state index contributed by atoms with van der Waals surface area (Å²) in [7, 11) is 0. The second kappa shape index (κ2) is 4.62. The molecule has 0 bridgehead atoms. The molecule has 0 radical (unpaired) electrons. The van der Waals surface area contributed by atoms with Crippen molar-refractivity contribution in [2.24, 2.45) is 0 Å². The number of aromatic nitrogens is 1. The first kappa shape index (κ1) is 11.3. The summed E-state index contributed by atoms with van der Waals surface area (Å²) in [4.78, 5) is 0. The van der Waals surface area contributed by atoms with Gasteiger partial charge in [0.2, 0.25) is 0 Å². The molecule has 0 aliphatic heterocycles. The maximum absolute atomic E-state index is 5.67. The second-order valence-electron chi connectivity index (χ2n) is 3.36. The van der Waals surface area contributed by atoms with Crippen molar-refractivity contribution in [1.29, 1.82) is 0 Å². The molecule has 0 saturated carbocycles. The van der Waals surface area contributed by atoms with Crippen molar-refractivity contribution in [3.8, 4) is 0 Å². The molecular weight excluding hydrogens is 200 g/mol. The van der Waals surface area contributed by atoms with E-state index in [4.69, 9.17) is 16.1 Å². The summed E-state index contributed by atoms with van der Waals surface area (Å²) < 4.78 is 5.08. The van der Waals surface area contributed by atoms with E-state index in [2.05, 4.69) is 17.1 Å². The van der Waals surface area contributed by atoms with Crippen LogP contribution in [0.3, 0.4) is 0 Å². The number of nitrogens with one attached hydrogen (secondary N) is 1.